The van der Waals surface area contributed by atoms with Crippen LogP contribution in [0.3, 0.4) is 0 Å². The second-order valence-corrected chi connectivity index (χ2v) is 11.2. The van der Waals surface area contributed by atoms with Gasteiger partial charge in [-0.15, -0.1) is 0 Å². The topological polar surface area (TPSA) is 131 Å². The lowest BCUT2D eigenvalue weighted by Gasteiger charge is -2.26. The highest BCUT2D eigenvalue weighted by Crippen LogP contribution is 2.29. The van der Waals surface area contributed by atoms with E-state index in [4.69, 9.17) is 9.47 Å². The van der Waals surface area contributed by atoms with E-state index in [0.29, 0.717) is 30.9 Å². The SMILES string of the molecule is COc1ccc(S(=O)(=O)N2CCOCC2)cc1NC(=O)c1ccc(CCNS(C)(=O)=O)cc1. The lowest BCUT2D eigenvalue weighted by atomic mass is 10.1. The minimum atomic E-state index is -3.74. The summed E-state index contributed by atoms with van der Waals surface area (Å²) in [5.41, 5.74) is 1.45. The van der Waals surface area contributed by atoms with Gasteiger partial charge in [0.15, 0.2) is 0 Å². The Morgan fingerprint density at radius 2 is 1.73 bits per heavy atom. The summed E-state index contributed by atoms with van der Waals surface area (Å²) >= 11 is 0. The highest BCUT2D eigenvalue weighted by atomic mass is 32.2. The number of morpholine rings is 1. The fourth-order valence-electron chi connectivity index (χ4n) is 3.28. The van der Waals surface area contributed by atoms with E-state index in [0.717, 1.165) is 11.8 Å². The molecule has 1 aliphatic rings. The molecule has 0 radical (unpaired) electrons. The molecule has 0 bridgehead atoms. The third-order valence-corrected chi connectivity index (χ3v) is 7.64. The monoisotopic (exact) mass is 497 g/mol. The fraction of sp³-hybridized carbons (Fsp3) is 0.381. The van der Waals surface area contributed by atoms with Gasteiger partial charge in [0.1, 0.15) is 5.75 Å². The molecule has 2 N–H and O–H groups in total. The Balaban J connectivity index is 1.74. The summed E-state index contributed by atoms with van der Waals surface area (Å²) in [6, 6.07) is 11.0. The van der Waals surface area contributed by atoms with Crippen molar-refractivity contribution in [2.45, 2.75) is 11.3 Å². The summed E-state index contributed by atoms with van der Waals surface area (Å²) in [6.45, 7) is 1.45. The predicted octanol–water partition coefficient (Wildman–Crippen LogP) is 1.06. The molecule has 0 spiro atoms. The molecule has 1 saturated heterocycles. The quantitative estimate of drug-likeness (QED) is 0.530. The molecular formula is C21H27N3O7S2. The van der Waals surface area contributed by atoms with Gasteiger partial charge < -0.3 is 14.8 Å². The van der Waals surface area contributed by atoms with Gasteiger partial charge in [0, 0.05) is 25.2 Å². The van der Waals surface area contributed by atoms with Crippen molar-refractivity contribution < 1.29 is 31.1 Å². The Morgan fingerprint density at radius 1 is 1.06 bits per heavy atom. The highest BCUT2D eigenvalue weighted by Gasteiger charge is 2.27. The molecule has 3 rings (SSSR count). The van der Waals surface area contributed by atoms with Crippen LogP contribution in [0.15, 0.2) is 47.4 Å². The van der Waals surface area contributed by atoms with Gasteiger partial charge in [-0.2, -0.15) is 4.31 Å². The molecule has 2 aromatic carbocycles. The third kappa shape index (κ3) is 6.74. The first-order valence-electron chi connectivity index (χ1n) is 10.2. The number of nitrogens with zero attached hydrogens (tertiary/aromatic N) is 1. The number of benzene rings is 2. The number of hydrogen-bond acceptors (Lipinski definition) is 7. The molecule has 12 heteroatoms. The maximum atomic E-state index is 13.0. The lowest BCUT2D eigenvalue weighted by molar-refractivity contribution is 0.0730. The number of anilines is 1. The first-order chi connectivity index (χ1) is 15.6. The average molecular weight is 498 g/mol. The van der Waals surface area contributed by atoms with Gasteiger partial charge in [0.05, 0.1) is 37.2 Å². The van der Waals surface area contributed by atoms with Gasteiger partial charge >= 0.3 is 0 Å². The number of sulfonamides is 2. The Bertz CT molecular complexity index is 1190. The average Bonchev–Trinajstić information content (AvgIpc) is 2.79. The Kier molecular flexibility index (Phi) is 8.08. The van der Waals surface area contributed by atoms with Gasteiger partial charge in [-0.05, 0) is 42.3 Å². The van der Waals surface area contributed by atoms with E-state index in [2.05, 4.69) is 10.0 Å². The van der Waals surface area contributed by atoms with Crippen LogP contribution in [-0.4, -0.2) is 73.3 Å². The van der Waals surface area contributed by atoms with Crippen molar-refractivity contribution in [2.75, 3.05) is 51.5 Å². The summed E-state index contributed by atoms with van der Waals surface area (Å²) in [4.78, 5) is 12.8. The molecule has 1 fully saturated rings. The van der Waals surface area contributed by atoms with Crippen LogP contribution in [0.25, 0.3) is 0 Å². The minimum absolute atomic E-state index is 0.0502. The lowest BCUT2D eigenvalue weighted by Crippen LogP contribution is -2.40. The van der Waals surface area contributed by atoms with Crippen molar-refractivity contribution in [3.05, 3.63) is 53.6 Å². The summed E-state index contributed by atoms with van der Waals surface area (Å²) in [7, 11) is -5.56. The second kappa shape index (κ2) is 10.6. The van der Waals surface area contributed by atoms with Crippen molar-refractivity contribution in [1.29, 1.82) is 0 Å². The van der Waals surface area contributed by atoms with Crippen LogP contribution in [0, 0.1) is 0 Å². The van der Waals surface area contributed by atoms with Gasteiger partial charge in [0.2, 0.25) is 20.0 Å². The van der Waals surface area contributed by atoms with E-state index in [9.17, 15) is 21.6 Å². The van der Waals surface area contributed by atoms with Gasteiger partial charge in [-0.3, -0.25) is 4.79 Å². The van der Waals surface area contributed by atoms with Gasteiger partial charge in [-0.25, -0.2) is 21.6 Å². The number of ether oxygens (including phenoxy) is 2. The van der Waals surface area contributed by atoms with Crippen molar-refractivity contribution in [1.82, 2.24) is 9.03 Å². The smallest absolute Gasteiger partial charge is 0.255 e. The van der Waals surface area contributed by atoms with E-state index in [1.165, 1.54) is 29.6 Å². The minimum Gasteiger partial charge on any atom is -0.495 e. The maximum absolute atomic E-state index is 13.0. The first kappa shape index (κ1) is 25.1. The molecule has 33 heavy (non-hydrogen) atoms. The highest BCUT2D eigenvalue weighted by molar-refractivity contribution is 7.89. The standard InChI is InChI=1S/C21H27N3O7S2/c1-30-20-8-7-18(33(28,29)24-11-13-31-14-12-24)15-19(20)23-21(25)17-5-3-16(4-6-17)9-10-22-32(2,26)27/h3-8,15,22H,9-14H2,1-2H3,(H,23,25). The molecular weight excluding hydrogens is 470 g/mol. The molecule has 0 aliphatic carbocycles. The number of hydrogen-bond donors (Lipinski definition) is 2. The van der Waals surface area contributed by atoms with E-state index in [-0.39, 0.29) is 30.2 Å². The van der Waals surface area contributed by atoms with Crippen molar-refractivity contribution >= 4 is 31.6 Å². The fourth-order valence-corrected chi connectivity index (χ4v) is 5.19. The number of carbonyl (C=O) groups is 1. The zero-order chi connectivity index (χ0) is 24.1. The molecule has 0 saturated carbocycles. The van der Waals surface area contributed by atoms with Crippen LogP contribution in [0.5, 0.6) is 5.75 Å². The molecule has 180 valence electrons. The number of amides is 1. The van der Waals surface area contributed by atoms with Crippen LogP contribution < -0.4 is 14.8 Å². The Morgan fingerprint density at radius 3 is 2.33 bits per heavy atom. The largest absolute Gasteiger partial charge is 0.495 e. The van der Waals surface area contributed by atoms with Crippen LogP contribution in [0.2, 0.25) is 0 Å². The Labute approximate surface area is 194 Å². The summed E-state index contributed by atoms with van der Waals surface area (Å²) in [5, 5.41) is 2.71. The van der Waals surface area contributed by atoms with Crippen molar-refractivity contribution in [2.24, 2.45) is 0 Å². The number of nitrogens with one attached hydrogen (secondary N) is 2. The van der Waals surface area contributed by atoms with Crippen LogP contribution in [-0.2, 0) is 31.2 Å². The second-order valence-electron chi connectivity index (χ2n) is 7.45. The molecule has 10 nitrogen and oxygen atoms in total. The summed E-state index contributed by atoms with van der Waals surface area (Å²) < 4.78 is 62.5. The molecule has 1 amide bonds. The molecule has 2 aromatic rings. The number of carbonyl (C=O) groups excluding carboxylic acids is 1. The molecule has 0 unspecified atom stereocenters. The summed E-state index contributed by atoms with van der Waals surface area (Å²) in [5.74, 6) is -0.109. The third-order valence-electron chi connectivity index (χ3n) is 5.02. The van der Waals surface area contributed by atoms with E-state index in [1.807, 2.05) is 0 Å². The molecule has 0 atom stereocenters. The molecule has 0 aromatic heterocycles. The van der Waals surface area contributed by atoms with Gasteiger partial charge in [-0.1, -0.05) is 12.1 Å². The van der Waals surface area contributed by atoms with E-state index >= 15 is 0 Å². The number of rotatable bonds is 9. The van der Waals surface area contributed by atoms with E-state index in [1.54, 1.807) is 24.3 Å². The first-order valence-corrected chi connectivity index (χ1v) is 13.5. The predicted molar refractivity (Wildman–Crippen MR) is 124 cm³/mol. The zero-order valence-electron chi connectivity index (χ0n) is 18.4. The van der Waals surface area contributed by atoms with Crippen molar-refractivity contribution in [3.63, 3.8) is 0 Å². The van der Waals surface area contributed by atoms with Crippen LogP contribution in [0.1, 0.15) is 15.9 Å². The normalized spacial score (nSPS) is 15.2. The molecule has 1 aliphatic heterocycles. The van der Waals surface area contributed by atoms with E-state index < -0.39 is 26.0 Å². The van der Waals surface area contributed by atoms with Crippen molar-refractivity contribution in [3.8, 4) is 5.75 Å². The van der Waals surface area contributed by atoms with Gasteiger partial charge in [0.25, 0.3) is 5.91 Å². The zero-order valence-corrected chi connectivity index (χ0v) is 20.0. The molecule has 1 heterocycles. The van der Waals surface area contributed by atoms with Crippen LogP contribution >= 0.6 is 0 Å². The summed E-state index contributed by atoms with van der Waals surface area (Å²) in [6.07, 6.45) is 1.57. The van der Waals surface area contributed by atoms with Crippen LogP contribution in [0.4, 0.5) is 5.69 Å². The Hall–Kier alpha value is -2.51. The number of methoxy groups -OCH3 is 1. The maximum Gasteiger partial charge on any atom is 0.255 e.